The summed E-state index contributed by atoms with van der Waals surface area (Å²) in [5, 5.41) is 7.10. The number of nitrogens with two attached hydrogens (primary N) is 1. The Balaban J connectivity index is 3.14. The Morgan fingerprint density at radius 3 is 2.43 bits per heavy atom. The number of ether oxygens (including phenoxy) is 1. The molecule has 0 bridgehead atoms. The molecule has 118 valence electrons. The van der Waals surface area contributed by atoms with Crippen molar-refractivity contribution >= 4 is 15.9 Å². The molecule has 0 heterocycles. The van der Waals surface area contributed by atoms with Crippen LogP contribution in [0.1, 0.15) is 24.2 Å². The molecule has 0 aliphatic carbocycles. The minimum absolute atomic E-state index is 0.0169. The second-order valence-corrected chi connectivity index (χ2v) is 6.49. The summed E-state index contributed by atoms with van der Waals surface area (Å²) in [6.45, 7) is 3.36. The molecule has 3 N–H and O–H groups in total. The topological polar surface area (TPSA) is 98.5 Å². The molecule has 1 aromatic rings. The lowest BCUT2D eigenvalue weighted by Gasteiger charge is -2.23. The number of rotatable bonds is 5. The van der Waals surface area contributed by atoms with Gasteiger partial charge in [-0.1, -0.05) is 0 Å². The highest BCUT2D eigenvalue weighted by Crippen LogP contribution is 2.19. The van der Waals surface area contributed by atoms with Crippen molar-refractivity contribution < 1.29 is 26.7 Å². The first-order chi connectivity index (χ1) is 9.48. The lowest BCUT2D eigenvalue weighted by atomic mass is 10.1. The smallest absolute Gasteiger partial charge is 0.254 e. The van der Waals surface area contributed by atoms with Crippen molar-refractivity contribution in [2.75, 3.05) is 13.7 Å². The Morgan fingerprint density at radius 2 is 1.95 bits per heavy atom. The van der Waals surface area contributed by atoms with Gasteiger partial charge in [0.05, 0.1) is 11.2 Å². The highest BCUT2D eigenvalue weighted by Gasteiger charge is 2.25. The van der Waals surface area contributed by atoms with Crippen LogP contribution in [-0.4, -0.2) is 33.6 Å². The molecule has 0 radical (unpaired) electrons. The number of halogens is 2. The molecule has 1 aromatic carbocycles. The lowest BCUT2D eigenvalue weighted by molar-refractivity contribution is 0.0228. The average molecular weight is 322 g/mol. The maximum atomic E-state index is 14.0. The van der Waals surface area contributed by atoms with Crippen LogP contribution >= 0.6 is 0 Å². The third-order valence-electron chi connectivity index (χ3n) is 2.78. The van der Waals surface area contributed by atoms with E-state index in [9.17, 15) is 22.0 Å². The lowest BCUT2D eigenvalue weighted by Crippen LogP contribution is -2.40. The third-order valence-corrected chi connectivity index (χ3v) is 3.69. The second kappa shape index (κ2) is 6.04. The van der Waals surface area contributed by atoms with E-state index in [1.807, 2.05) is 0 Å². The third kappa shape index (κ3) is 4.45. The van der Waals surface area contributed by atoms with Gasteiger partial charge in [-0.05, 0) is 26.0 Å². The second-order valence-electron chi connectivity index (χ2n) is 4.96. The van der Waals surface area contributed by atoms with Gasteiger partial charge in [0.15, 0.2) is 5.82 Å². The maximum Gasteiger partial charge on any atom is 0.254 e. The van der Waals surface area contributed by atoms with E-state index >= 15 is 0 Å². The Bertz CT molecular complexity index is 659. The summed E-state index contributed by atoms with van der Waals surface area (Å²) in [5.41, 5.74) is -1.46. The number of amides is 1. The quantitative estimate of drug-likeness (QED) is 0.836. The van der Waals surface area contributed by atoms with Crippen LogP contribution < -0.4 is 10.5 Å². The number of nitrogens with one attached hydrogen (secondary N) is 1. The monoisotopic (exact) mass is 322 g/mol. The van der Waals surface area contributed by atoms with Gasteiger partial charge in [0.2, 0.25) is 10.0 Å². The van der Waals surface area contributed by atoms with E-state index in [4.69, 9.17) is 9.88 Å². The van der Waals surface area contributed by atoms with Crippen molar-refractivity contribution in [3.63, 3.8) is 0 Å². The molecule has 1 amide bonds. The van der Waals surface area contributed by atoms with Gasteiger partial charge in [-0.2, -0.15) is 0 Å². The van der Waals surface area contributed by atoms with Gasteiger partial charge in [-0.25, -0.2) is 22.3 Å². The van der Waals surface area contributed by atoms with Crippen molar-refractivity contribution in [3.8, 4) is 0 Å². The Kier molecular flexibility index (Phi) is 5.03. The molecule has 0 unspecified atom stereocenters. The van der Waals surface area contributed by atoms with Crippen molar-refractivity contribution in [1.29, 1.82) is 0 Å². The summed E-state index contributed by atoms with van der Waals surface area (Å²) in [6, 6.07) is 1.01. The van der Waals surface area contributed by atoms with Gasteiger partial charge >= 0.3 is 0 Å². The number of hydrogen-bond acceptors (Lipinski definition) is 4. The summed E-state index contributed by atoms with van der Waals surface area (Å²) in [7, 11) is -3.06. The molecule has 1 rings (SSSR count). The first-order valence-corrected chi connectivity index (χ1v) is 7.38. The van der Waals surface area contributed by atoms with E-state index in [0.717, 1.165) is 0 Å². The van der Waals surface area contributed by atoms with Crippen molar-refractivity contribution in [1.82, 2.24) is 5.32 Å². The summed E-state index contributed by atoms with van der Waals surface area (Å²) < 4.78 is 54.7. The number of methoxy groups -OCH3 is 1. The molecular weight excluding hydrogens is 306 g/mol. The minimum atomic E-state index is -4.48. The highest BCUT2D eigenvalue weighted by atomic mass is 32.2. The maximum absolute atomic E-state index is 14.0. The van der Waals surface area contributed by atoms with Crippen LogP contribution in [0.4, 0.5) is 8.78 Å². The normalized spacial score (nSPS) is 12.3. The number of carbonyl (C=O) groups excluding carboxylic acids is 1. The summed E-state index contributed by atoms with van der Waals surface area (Å²) in [4.78, 5) is 10.8. The zero-order valence-corrected chi connectivity index (χ0v) is 12.6. The number of sulfonamides is 1. The standard InChI is InChI=1S/C12H16F2N2O4S/c1-12(2,20-3)6-16-11(17)8-4-7(13)5-9(10(8)14)21(15,18)19/h4-5H,6H2,1-3H3,(H,16,17)(H2,15,18,19). The van der Waals surface area contributed by atoms with E-state index < -0.39 is 43.6 Å². The molecule has 0 aliphatic heterocycles. The predicted octanol–water partition coefficient (Wildman–Crippen LogP) is 0.767. The molecule has 0 saturated carbocycles. The first-order valence-electron chi connectivity index (χ1n) is 5.83. The van der Waals surface area contributed by atoms with Gasteiger partial charge in [0.25, 0.3) is 5.91 Å². The number of hydrogen-bond donors (Lipinski definition) is 2. The van der Waals surface area contributed by atoms with Crippen molar-refractivity contribution in [3.05, 3.63) is 29.3 Å². The molecule has 9 heteroatoms. The molecule has 0 atom stereocenters. The molecule has 0 aromatic heterocycles. The molecule has 0 saturated heterocycles. The number of carbonyl (C=O) groups is 1. The van der Waals surface area contributed by atoms with Crippen LogP contribution in [-0.2, 0) is 14.8 Å². The van der Waals surface area contributed by atoms with Crippen LogP contribution in [0.25, 0.3) is 0 Å². The molecule has 21 heavy (non-hydrogen) atoms. The molecule has 0 aliphatic rings. The van der Waals surface area contributed by atoms with Crippen LogP contribution in [0.3, 0.4) is 0 Å². The molecule has 0 fully saturated rings. The van der Waals surface area contributed by atoms with Crippen LogP contribution in [0.5, 0.6) is 0 Å². The summed E-state index contributed by atoms with van der Waals surface area (Å²) >= 11 is 0. The zero-order chi connectivity index (χ0) is 16.4. The molecule has 6 nitrogen and oxygen atoms in total. The van der Waals surface area contributed by atoms with Crippen LogP contribution in [0, 0.1) is 11.6 Å². The Hall–Kier alpha value is -1.58. The van der Waals surface area contributed by atoms with Gasteiger partial charge in [-0.15, -0.1) is 0 Å². The minimum Gasteiger partial charge on any atom is -0.377 e. The van der Waals surface area contributed by atoms with Crippen LogP contribution in [0.15, 0.2) is 17.0 Å². The fourth-order valence-electron chi connectivity index (χ4n) is 1.40. The number of primary sulfonamides is 1. The predicted molar refractivity (Wildman–Crippen MR) is 71.2 cm³/mol. The van der Waals surface area contributed by atoms with Crippen molar-refractivity contribution in [2.24, 2.45) is 5.14 Å². The molecular formula is C12H16F2N2O4S. The summed E-state index contributed by atoms with van der Waals surface area (Å²) in [6.07, 6.45) is 0. The van der Waals surface area contributed by atoms with E-state index in [2.05, 4.69) is 5.32 Å². The largest absolute Gasteiger partial charge is 0.377 e. The van der Waals surface area contributed by atoms with E-state index in [-0.39, 0.29) is 6.54 Å². The highest BCUT2D eigenvalue weighted by molar-refractivity contribution is 7.89. The van der Waals surface area contributed by atoms with Gasteiger partial charge in [0, 0.05) is 13.7 Å². The Morgan fingerprint density at radius 1 is 1.38 bits per heavy atom. The summed E-state index contributed by atoms with van der Waals surface area (Å²) in [5.74, 6) is -3.45. The average Bonchev–Trinajstić information content (AvgIpc) is 2.37. The van der Waals surface area contributed by atoms with Gasteiger partial charge in [0.1, 0.15) is 10.7 Å². The van der Waals surface area contributed by atoms with E-state index in [1.54, 1.807) is 13.8 Å². The zero-order valence-electron chi connectivity index (χ0n) is 11.7. The SMILES string of the molecule is COC(C)(C)CNC(=O)c1cc(F)cc(S(N)(=O)=O)c1F. The van der Waals surface area contributed by atoms with Gasteiger partial charge < -0.3 is 10.1 Å². The fourth-order valence-corrected chi connectivity index (χ4v) is 2.03. The van der Waals surface area contributed by atoms with E-state index in [1.165, 1.54) is 7.11 Å². The fraction of sp³-hybridized carbons (Fsp3) is 0.417. The van der Waals surface area contributed by atoms with Crippen molar-refractivity contribution in [2.45, 2.75) is 24.3 Å². The number of benzene rings is 1. The van der Waals surface area contributed by atoms with Gasteiger partial charge in [-0.3, -0.25) is 4.79 Å². The first kappa shape index (κ1) is 17.5. The van der Waals surface area contributed by atoms with E-state index in [0.29, 0.717) is 12.1 Å². The molecule has 0 spiro atoms. The van der Waals surface area contributed by atoms with Crippen LogP contribution in [0.2, 0.25) is 0 Å². The Labute approximate surface area is 121 Å².